The van der Waals surface area contributed by atoms with Gasteiger partial charge >= 0.3 is 0 Å². The van der Waals surface area contributed by atoms with E-state index in [0.29, 0.717) is 12.6 Å². The monoisotopic (exact) mass is 304 g/mol. The number of hydrogen-bond acceptors (Lipinski definition) is 4. The predicted molar refractivity (Wildman–Crippen MR) is 83.8 cm³/mol. The van der Waals surface area contributed by atoms with Crippen molar-refractivity contribution in [3.8, 4) is 5.75 Å². The molecule has 0 N–H and O–H groups in total. The molecule has 0 spiro atoms. The third-order valence-corrected chi connectivity index (χ3v) is 4.65. The Morgan fingerprint density at radius 3 is 2.64 bits per heavy atom. The van der Waals surface area contributed by atoms with Crippen LogP contribution in [0.3, 0.4) is 0 Å². The molecular weight excluding hydrogens is 280 g/mol. The fourth-order valence-electron chi connectivity index (χ4n) is 3.25. The van der Waals surface area contributed by atoms with Crippen molar-refractivity contribution < 1.29 is 14.3 Å². The number of rotatable bonds is 4. The van der Waals surface area contributed by atoms with Crippen LogP contribution in [0.15, 0.2) is 24.3 Å². The van der Waals surface area contributed by atoms with Gasteiger partial charge in [0.25, 0.3) is 0 Å². The van der Waals surface area contributed by atoms with Gasteiger partial charge in [0.05, 0.1) is 19.3 Å². The van der Waals surface area contributed by atoms with Crippen molar-refractivity contribution in [3.63, 3.8) is 0 Å². The molecule has 120 valence electrons. The third-order valence-electron chi connectivity index (χ3n) is 4.65. The Hall–Kier alpha value is -1.59. The minimum absolute atomic E-state index is 0.0858. The molecule has 0 unspecified atom stereocenters. The van der Waals surface area contributed by atoms with Gasteiger partial charge in [-0.05, 0) is 31.5 Å². The Labute approximate surface area is 131 Å². The molecule has 0 aliphatic carbocycles. The first-order chi connectivity index (χ1) is 10.6. The number of hydrogen-bond donors (Lipinski definition) is 0. The smallest absolute Gasteiger partial charge is 0.249 e. The molecule has 22 heavy (non-hydrogen) atoms. The maximum absolute atomic E-state index is 12.3. The summed E-state index contributed by atoms with van der Waals surface area (Å²) >= 11 is 0. The first-order valence-electron chi connectivity index (χ1n) is 7.86. The molecule has 2 aliphatic rings. The van der Waals surface area contributed by atoms with Crippen LogP contribution in [-0.2, 0) is 16.1 Å². The van der Waals surface area contributed by atoms with Crippen molar-refractivity contribution in [1.82, 2.24) is 9.80 Å². The second kappa shape index (κ2) is 6.26. The highest BCUT2D eigenvalue weighted by Gasteiger charge is 2.43. The van der Waals surface area contributed by atoms with Crippen LogP contribution < -0.4 is 4.74 Å². The number of likely N-dealkylation sites (tertiary alicyclic amines) is 1. The highest BCUT2D eigenvalue weighted by Crippen LogP contribution is 2.26. The molecule has 0 saturated carbocycles. The van der Waals surface area contributed by atoms with Gasteiger partial charge in [-0.15, -0.1) is 0 Å². The van der Waals surface area contributed by atoms with Gasteiger partial charge in [0.15, 0.2) is 0 Å². The summed E-state index contributed by atoms with van der Waals surface area (Å²) in [6.45, 7) is 7.02. The van der Waals surface area contributed by atoms with E-state index in [1.54, 1.807) is 7.11 Å². The highest BCUT2D eigenvalue weighted by atomic mass is 16.5. The summed E-state index contributed by atoms with van der Waals surface area (Å²) in [5, 5.41) is 0. The highest BCUT2D eigenvalue weighted by molar-refractivity contribution is 5.78. The van der Waals surface area contributed by atoms with E-state index >= 15 is 0 Å². The number of carbonyl (C=O) groups excluding carboxylic acids is 1. The van der Waals surface area contributed by atoms with Crippen LogP contribution in [0.1, 0.15) is 19.4 Å². The van der Waals surface area contributed by atoms with E-state index in [0.717, 1.165) is 24.4 Å². The SMILES string of the molecule is COc1ccc(CN2C(=O)CO[C@H]3CN(C(C)C)C[C@H]32)cc1. The van der Waals surface area contributed by atoms with Crippen molar-refractivity contribution >= 4 is 5.91 Å². The number of nitrogens with zero attached hydrogens (tertiary/aromatic N) is 2. The molecule has 1 aromatic carbocycles. The van der Waals surface area contributed by atoms with Crippen LogP contribution in [0.25, 0.3) is 0 Å². The van der Waals surface area contributed by atoms with Gasteiger partial charge in [-0.2, -0.15) is 0 Å². The second-order valence-corrected chi connectivity index (χ2v) is 6.33. The van der Waals surface area contributed by atoms with Gasteiger partial charge in [-0.1, -0.05) is 12.1 Å². The van der Waals surface area contributed by atoms with Crippen LogP contribution in [0, 0.1) is 0 Å². The van der Waals surface area contributed by atoms with Gasteiger partial charge in [0.1, 0.15) is 12.4 Å². The Morgan fingerprint density at radius 2 is 2.00 bits per heavy atom. The molecule has 2 fully saturated rings. The van der Waals surface area contributed by atoms with Crippen LogP contribution in [0.5, 0.6) is 5.75 Å². The van der Waals surface area contributed by atoms with E-state index in [1.165, 1.54) is 0 Å². The second-order valence-electron chi connectivity index (χ2n) is 6.33. The largest absolute Gasteiger partial charge is 0.497 e. The van der Waals surface area contributed by atoms with Crippen LogP contribution in [0.4, 0.5) is 0 Å². The molecule has 1 aromatic rings. The first-order valence-corrected chi connectivity index (χ1v) is 7.86. The lowest BCUT2D eigenvalue weighted by Crippen LogP contribution is -2.53. The zero-order chi connectivity index (χ0) is 15.7. The lowest BCUT2D eigenvalue weighted by Gasteiger charge is -2.37. The lowest BCUT2D eigenvalue weighted by atomic mass is 10.1. The number of fused-ring (bicyclic) bond motifs is 1. The molecule has 2 aliphatic heterocycles. The Balaban J connectivity index is 1.74. The molecule has 5 heteroatoms. The van der Waals surface area contributed by atoms with Crippen LogP contribution in [-0.4, -0.2) is 60.7 Å². The molecule has 2 heterocycles. The molecule has 1 amide bonds. The molecule has 2 atom stereocenters. The van der Waals surface area contributed by atoms with Crippen LogP contribution in [0.2, 0.25) is 0 Å². The Bertz CT molecular complexity index is 529. The van der Waals surface area contributed by atoms with Crippen molar-refractivity contribution in [3.05, 3.63) is 29.8 Å². The third kappa shape index (κ3) is 2.96. The summed E-state index contributed by atoms with van der Waals surface area (Å²) < 4.78 is 10.9. The van der Waals surface area contributed by atoms with Gasteiger partial charge in [-0.25, -0.2) is 0 Å². The quantitative estimate of drug-likeness (QED) is 0.846. The molecule has 3 rings (SSSR count). The summed E-state index contributed by atoms with van der Waals surface area (Å²) in [4.78, 5) is 16.7. The lowest BCUT2D eigenvalue weighted by molar-refractivity contribution is -0.153. The first kappa shape index (κ1) is 15.3. The molecule has 2 saturated heterocycles. The predicted octanol–water partition coefficient (Wildman–Crippen LogP) is 1.52. The van der Waals surface area contributed by atoms with E-state index in [4.69, 9.17) is 9.47 Å². The van der Waals surface area contributed by atoms with Crippen molar-refractivity contribution in [1.29, 1.82) is 0 Å². The molecule has 0 radical (unpaired) electrons. The number of methoxy groups -OCH3 is 1. The average molecular weight is 304 g/mol. The minimum atomic E-state index is 0.0858. The Morgan fingerprint density at radius 1 is 1.27 bits per heavy atom. The zero-order valence-electron chi connectivity index (χ0n) is 13.5. The zero-order valence-corrected chi connectivity index (χ0v) is 13.5. The number of carbonyl (C=O) groups is 1. The number of amides is 1. The fraction of sp³-hybridized carbons (Fsp3) is 0.588. The van der Waals surface area contributed by atoms with Crippen molar-refractivity contribution in [2.45, 2.75) is 38.6 Å². The summed E-state index contributed by atoms with van der Waals surface area (Å²) in [7, 11) is 1.66. The molecule has 5 nitrogen and oxygen atoms in total. The molecular formula is C17H24N2O3. The topological polar surface area (TPSA) is 42.0 Å². The standard InChI is InChI=1S/C17H24N2O3/c1-12(2)18-9-15-16(10-18)22-11-17(20)19(15)8-13-4-6-14(21-3)7-5-13/h4-7,12,15-16H,8-11H2,1-3H3/t15-,16+/m1/s1. The van der Waals surface area contributed by atoms with E-state index < -0.39 is 0 Å². The van der Waals surface area contributed by atoms with E-state index in [1.807, 2.05) is 29.2 Å². The fourth-order valence-corrected chi connectivity index (χ4v) is 3.25. The van der Waals surface area contributed by atoms with Gasteiger partial charge in [0.2, 0.25) is 5.91 Å². The Kier molecular flexibility index (Phi) is 4.36. The van der Waals surface area contributed by atoms with Crippen molar-refractivity contribution in [2.24, 2.45) is 0 Å². The van der Waals surface area contributed by atoms with E-state index in [9.17, 15) is 4.79 Å². The summed E-state index contributed by atoms with van der Waals surface area (Å²) in [5.41, 5.74) is 1.12. The van der Waals surface area contributed by atoms with E-state index in [2.05, 4.69) is 18.7 Å². The molecule has 0 aromatic heterocycles. The molecule has 0 bridgehead atoms. The van der Waals surface area contributed by atoms with Gasteiger partial charge in [0, 0.05) is 25.7 Å². The van der Waals surface area contributed by atoms with E-state index in [-0.39, 0.29) is 24.7 Å². The maximum atomic E-state index is 12.3. The van der Waals surface area contributed by atoms with Crippen LogP contribution >= 0.6 is 0 Å². The number of benzene rings is 1. The van der Waals surface area contributed by atoms with Gasteiger partial charge in [-0.3, -0.25) is 9.69 Å². The minimum Gasteiger partial charge on any atom is -0.497 e. The summed E-state index contributed by atoms with van der Waals surface area (Å²) in [5.74, 6) is 0.921. The normalized spacial score (nSPS) is 25.6. The maximum Gasteiger partial charge on any atom is 0.249 e. The summed E-state index contributed by atoms with van der Waals surface area (Å²) in [6.07, 6.45) is 0.137. The average Bonchev–Trinajstić information content (AvgIpc) is 2.95. The van der Waals surface area contributed by atoms with Gasteiger partial charge < -0.3 is 14.4 Å². The summed E-state index contributed by atoms with van der Waals surface area (Å²) in [6, 6.07) is 8.55. The van der Waals surface area contributed by atoms with Crippen molar-refractivity contribution in [2.75, 3.05) is 26.8 Å². The number of ether oxygens (including phenoxy) is 2. The number of morpholine rings is 1.